The van der Waals surface area contributed by atoms with Crippen molar-refractivity contribution >= 4 is 5.97 Å². The molecule has 0 fully saturated rings. The van der Waals surface area contributed by atoms with E-state index in [0.29, 0.717) is 18.6 Å². The molecule has 1 N–H and O–H groups in total. The van der Waals surface area contributed by atoms with E-state index in [2.05, 4.69) is 5.10 Å². The third-order valence-corrected chi connectivity index (χ3v) is 3.00. The van der Waals surface area contributed by atoms with Crippen LogP contribution in [0.4, 0.5) is 0 Å². The second-order valence-electron chi connectivity index (χ2n) is 4.02. The van der Waals surface area contributed by atoms with E-state index >= 15 is 0 Å². The molecule has 1 aromatic heterocycles. The molecular formula is C12H20N2O3. The standard InChI is InChI=1S/C12H20N2O3/c1-5-9(12(16)17-6-2)11(15)10-7-13-14(4)8(10)3/h7,9,11,15H,5-6H2,1-4H3. The first-order chi connectivity index (χ1) is 8.02. The summed E-state index contributed by atoms with van der Waals surface area (Å²) in [7, 11) is 1.80. The summed E-state index contributed by atoms with van der Waals surface area (Å²) in [6, 6.07) is 0. The van der Waals surface area contributed by atoms with E-state index in [1.54, 1.807) is 24.9 Å². The Morgan fingerprint density at radius 1 is 1.59 bits per heavy atom. The second-order valence-corrected chi connectivity index (χ2v) is 4.02. The lowest BCUT2D eigenvalue weighted by Crippen LogP contribution is -2.24. The minimum absolute atomic E-state index is 0.327. The first kappa shape index (κ1) is 13.7. The van der Waals surface area contributed by atoms with Crippen molar-refractivity contribution < 1.29 is 14.6 Å². The summed E-state index contributed by atoms with van der Waals surface area (Å²) in [5, 5.41) is 14.3. The fourth-order valence-electron chi connectivity index (χ4n) is 1.79. The zero-order chi connectivity index (χ0) is 13.0. The Bertz CT molecular complexity index is 387. The maximum absolute atomic E-state index is 11.7. The van der Waals surface area contributed by atoms with Gasteiger partial charge in [0.05, 0.1) is 24.8 Å². The van der Waals surface area contributed by atoms with Crippen molar-refractivity contribution in [1.29, 1.82) is 0 Å². The number of nitrogens with zero attached hydrogens (tertiary/aromatic N) is 2. The number of hydrogen-bond acceptors (Lipinski definition) is 4. The summed E-state index contributed by atoms with van der Waals surface area (Å²) in [4.78, 5) is 11.7. The van der Waals surface area contributed by atoms with Gasteiger partial charge in [0.25, 0.3) is 0 Å². The fraction of sp³-hybridized carbons (Fsp3) is 0.667. The molecule has 0 saturated heterocycles. The number of aromatic nitrogens is 2. The molecule has 17 heavy (non-hydrogen) atoms. The highest BCUT2D eigenvalue weighted by Crippen LogP contribution is 2.27. The quantitative estimate of drug-likeness (QED) is 0.789. The molecule has 0 spiro atoms. The molecule has 0 aliphatic heterocycles. The lowest BCUT2D eigenvalue weighted by atomic mass is 9.94. The summed E-state index contributed by atoms with van der Waals surface area (Å²) >= 11 is 0. The predicted octanol–water partition coefficient (Wildman–Crippen LogP) is 1.35. The smallest absolute Gasteiger partial charge is 0.311 e. The van der Waals surface area contributed by atoms with Crippen molar-refractivity contribution in [3.05, 3.63) is 17.5 Å². The molecule has 1 rings (SSSR count). The Kier molecular flexibility index (Phi) is 4.69. The average Bonchev–Trinajstić information content (AvgIpc) is 2.61. The van der Waals surface area contributed by atoms with Gasteiger partial charge in [-0.05, 0) is 20.3 Å². The summed E-state index contributed by atoms with van der Waals surface area (Å²) in [5.74, 6) is -0.886. The van der Waals surface area contributed by atoms with Crippen molar-refractivity contribution in [2.45, 2.75) is 33.3 Å². The molecule has 5 nitrogen and oxygen atoms in total. The Morgan fingerprint density at radius 3 is 2.65 bits per heavy atom. The van der Waals surface area contributed by atoms with E-state index in [1.165, 1.54) is 0 Å². The lowest BCUT2D eigenvalue weighted by molar-refractivity contribution is -0.152. The van der Waals surface area contributed by atoms with Crippen molar-refractivity contribution in [1.82, 2.24) is 9.78 Å². The van der Waals surface area contributed by atoms with E-state index in [9.17, 15) is 9.90 Å². The normalized spacial score (nSPS) is 14.4. The molecule has 0 radical (unpaired) electrons. The van der Waals surface area contributed by atoms with Gasteiger partial charge in [0.1, 0.15) is 0 Å². The van der Waals surface area contributed by atoms with E-state index in [4.69, 9.17) is 4.74 Å². The van der Waals surface area contributed by atoms with Gasteiger partial charge in [0.2, 0.25) is 0 Å². The predicted molar refractivity (Wildman–Crippen MR) is 63.3 cm³/mol. The van der Waals surface area contributed by atoms with Crippen LogP contribution in [0.3, 0.4) is 0 Å². The number of carbonyl (C=O) groups is 1. The molecule has 0 aliphatic rings. The lowest BCUT2D eigenvalue weighted by Gasteiger charge is -2.19. The highest BCUT2D eigenvalue weighted by Gasteiger charge is 2.29. The van der Waals surface area contributed by atoms with E-state index in [0.717, 1.165) is 5.69 Å². The summed E-state index contributed by atoms with van der Waals surface area (Å²) in [5.41, 5.74) is 1.55. The molecule has 0 amide bonds. The van der Waals surface area contributed by atoms with Crippen LogP contribution in [0.25, 0.3) is 0 Å². The van der Waals surface area contributed by atoms with Crippen LogP contribution in [-0.4, -0.2) is 27.5 Å². The monoisotopic (exact) mass is 240 g/mol. The van der Waals surface area contributed by atoms with Crippen LogP contribution in [0, 0.1) is 12.8 Å². The van der Waals surface area contributed by atoms with Gasteiger partial charge in [0, 0.05) is 18.3 Å². The summed E-state index contributed by atoms with van der Waals surface area (Å²) in [6.07, 6.45) is 1.28. The van der Waals surface area contributed by atoms with E-state index in [-0.39, 0.29) is 5.97 Å². The minimum Gasteiger partial charge on any atom is -0.466 e. The van der Waals surface area contributed by atoms with Crippen LogP contribution >= 0.6 is 0 Å². The van der Waals surface area contributed by atoms with Gasteiger partial charge in [-0.1, -0.05) is 6.92 Å². The number of ether oxygens (including phenoxy) is 1. The Hall–Kier alpha value is -1.36. The van der Waals surface area contributed by atoms with Gasteiger partial charge < -0.3 is 9.84 Å². The molecule has 2 atom stereocenters. The highest BCUT2D eigenvalue weighted by atomic mass is 16.5. The van der Waals surface area contributed by atoms with Gasteiger partial charge in [-0.25, -0.2) is 0 Å². The summed E-state index contributed by atoms with van der Waals surface area (Å²) < 4.78 is 6.64. The molecule has 0 bridgehead atoms. The maximum Gasteiger partial charge on any atom is 0.311 e. The number of aliphatic hydroxyl groups is 1. The van der Waals surface area contributed by atoms with Gasteiger partial charge in [-0.2, -0.15) is 5.10 Å². The first-order valence-corrected chi connectivity index (χ1v) is 5.86. The second kappa shape index (κ2) is 5.82. The molecule has 0 saturated carbocycles. The molecule has 1 aromatic rings. The number of aryl methyl sites for hydroxylation is 1. The third-order valence-electron chi connectivity index (χ3n) is 3.00. The number of carbonyl (C=O) groups excluding carboxylic acids is 1. The van der Waals surface area contributed by atoms with E-state index in [1.807, 2.05) is 13.8 Å². The minimum atomic E-state index is -0.854. The van der Waals surface area contributed by atoms with Gasteiger partial charge >= 0.3 is 5.97 Å². The number of rotatable bonds is 5. The van der Waals surface area contributed by atoms with Crippen molar-refractivity contribution in [2.24, 2.45) is 13.0 Å². The van der Waals surface area contributed by atoms with Crippen molar-refractivity contribution in [3.63, 3.8) is 0 Å². The van der Waals surface area contributed by atoms with Crippen LogP contribution in [0.15, 0.2) is 6.20 Å². The zero-order valence-electron chi connectivity index (χ0n) is 10.8. The topological polar surface area (TPSA) is 64.3 Å². The van der Waals surface area contributed by atoms with Gasteiger partial charge in [0.15, 0.2) is 0 Å². The molecule has 0 aliphatic carbocycles. The average molecular weight is 240 g/mol. The van der Waals surface area contributed by atoms with Crippen LogP contribution in [0.2, 0.25) is 0 Å². The zero-order valence-corrected chi connectivity index (χ0v) is 10.8. The summed E-state index contributed by atoms with van der Waals surface area (Å²) in [6.45, 7) is 5.81. The number of hydrogen-bond donors (Lipinski definition) is 1. The van der Waals surface area contributed by atoms with Crippen LogP contribution < -0.4 is 0 Å². The largest absolute Gasteiger partial charge is 0.466 e. The SMILES string of the molecule is CCOC(=O)C(CC)C(O)c1cnn(C)c1C. The molecule has 5 heteroatoms. The van der Waals surface area contributed by atoms with Gasteiger partial charge in [-0.3, -0.25) is 9.48 Å². The van der Waals surface area contributed by atoms with Crippen LogP contribution in [0.5, 0.6) is 0 Å². The molecule has 1 heterocycles. The number of aliphatic hydroxyl groups excluding tert-OH is 1. The number of esters is 1. The Balaban J connectivity index is 2.89. The maximum atomic E-state index is 11.7. The molecule has 0 aromatic carbocycles. The molecule has 96 valence electrons. The van der Waals surface area contributed by atoms with Crippen molar-refractivity contribution in [2.75, 3.05) is 6.61 Å². The molecule has 2 unspecified atom stereocenters. The fourth-order valence-corrected chi connectivity index (χ4v) is 1.79. The Morgan fingerprint density at radius 2 is 2.24 bits per heavy atom. The first-order valence-electron chi connectivity index (χ1n) is 5.86. The van der Waals surface area contributed by atoms with Crippen LogP contribution in [-0.2, 0) is 16.6 Å². The van der Waals surface area contributed by atoms with Crippen LogP contribution in [0.1, 0.15) is 37.6 Å². The Labute approximate surface area is 101 Å². The van der Waals surface area contributed by atoms with Gasteiger partial charge in [-0.15, -0.1) is 0 Å². The third kappa shape index (κ3) is 2.85. The van der Waals surface area contributed by atoms with E-state index < -0.39 is 12.0 Å². The highest BCUT2D eigenvalue weighted by molar-refractivity contribution is 5.73. The molecular weight excluding hydrogens is 220 g/mol. The van der Waals surface area contributed by atoms with Crippen molar-refractivity contribution in [3.8, 4) is 0 Å².